The maximum absolute atomic E-state index is 12.7. The van der Waals surface area contributed by atoms with Crippen molar-refractivity contribution in [3.8, 4) is 0 Å². The quantitative estimate of drug-likeness (QED) is 0.795. The number of aromatic nitrogens is 1. The monoisotopic (exact) mass is 324 g/mol. The maximum Gasteiger partial charge on any atom is 0.254 e. The summed E-state index contributed by atoms with van der Waals surface area (Å²) >= 11 is 11.7. The Hall–Kier alpha value is -1.52. The van der Waals surface area contributed by atoms with Crippen LogP contribution < -0.4 is 0 Å². The van der Waals surface area contributed by atoms with Crippen LogP contribution in [0.25, 0.3) is 0 Å². The third kappa shape index (κ3) is 3.39. The topological polar surface area (TPSA) is 46.3 Å². The average molecular weight is 325 g/mol. The van der Waals surface area contributed by atoms with Crippen LogP contribution >= 0.6 is 23.2 Å². The summed E-state index contributed by atoms with van der Waals surface area (Å²) in [5, 5.41) is 0.436. The minimum atomic E-state index is -0.0993. The Bertz CT molecular complexity index is 660. The molecule has 1 amide bonds. The zero-order valence-electron chi connectivity index (χ0n) is 11.5. The predicted octanol–water partition coefficient (Wildman–Crippen LogP) is 4.09. The average Bonchev–Trinajstić information content (AvgIpc) is 3.17. The molecule has 2 heterocycles. The van der Waals surface area contributed by atoms with Gasteiger partial charge in [-0.25, -0.2) is 4.98 Å². The van der Waals surface area contributed by atoms with Crippen molar-refractivity contribution < 1.29 is 9.21 Å². The van der Waals surface area contributed by atoms with Crippen LogP contribution in [0.2, 0.25) is 10.3 Å². The number of halogens is 2. The summed E-state index contributed by atoms with van der Waals surface area (Å²) in [6, 6.07) is 7.13. The van der Waals surface area contributed by atoms with Gasteiger partial charge in [-0.1, -0.05) is 23.2 Å². The second kappa shape index (κ2) is 5.70. The molecule has 1 aliphatic carbocycles. The van der Waals surface area contributed by atoms with Crippen molar-refractivity contribution in [1.29, 1.82) is 0 Å². The van der Waals surface area contributed by atoms with Crippen LogP contribution in [0.4, 0.5) is 0 Å². The number of nitrogens with zero attached hydrogens (tertiary/aromatic N) is 2. The van der Waals surface area contributed by atoms with Gasteiger partial charge >= 0.3 is 0 Å². The van der Waals surface area contributed by atoms with E-state index in [9.17, 15) is 4.79 Å². The minimum absolute atomic E-state index is 0.0993. The minimum Gasteiger partial charge on any atom is -0.464 e. The van der Waals surface area contributed by atoms with Gasteiger partial charge in [-0.2, -0.15) is 0 Å². The van der Waals surface area contributed by atoms with Crippen molar-refractivity contribution in [2.75, 3.05) is 0 Å². The molecule has 2 aromatic heterocycles. The van der Waals surface area contributed by atoms with E-state index in [1.807, 2.05) is 19.1 Å². The summed E-state index contributed by atoms with van der Waals surface area (Å²) in [4.78, 5) is 18.4. The van der Waals surface area contributed by atoms with E-state index < -0.39 is 0 Å². The van der Waals surface area contributed by atoms with Gasteiger partial charge in [-0.3, -0.25) is 4.79 Å². The van der Waals surface area contributed by atoms with Crippen LogP contribution in [-0.4, -0.2) is 21.8 Å². The van der Waals surface area contributed by atoms with Crippen LogP contribution in [0.15, 0.2) is 28.7 Å². The summed E-state index contributed by atoms with van der Waals surface area (Å²) < 4.78 is 5.57. The molecule has 21 heavy (non-hydrogen) atoms. The highest BCUT2D eigenvalue weighted by Crippen LogP contribution is 2.30. The molecule has 110 valence electrons. The lowest BCUT2D eigenvalue weighted by Crippen LogP contribution is -2.32. The van der Waals surface area contributed by atoms with Gasteiger partial charge in [-0.15, -0.1) is 0 Å². The van der Waals surface area contributed by atoms with Crippen molar-refractivity contribution >= 4 is 29.1 Å². The smallest absolute Gasteiger partial charge is 0.254 e. The molecule has 0 atom stereocenters. The number of aryl methyl sites for hydroxylation is 1. The number of carbonyl (C=O) groups is 1. The molecule has 4 nitrogen and oxygen atoms in total. The summed E-state index contributed by atoms with van der Waals surface area (Å²) in [5.41, 5.74) is 0.454. The molecule has 0 aromatic carbocycles. The van der Waals surface area contributed by atoms with E-state index in [4.69, 9.17) is 27.6 Å². The van der Waals surface area contributed by atoms with Crippen molar-refractivity contribution in [3.05, 3.63) is 51.7 Å². The number of amides is 1. The number of hydrogen-bond donors (Lipinski definition) is 0. The van der Waals surface area contributed by atoms with Gasteiger partial charge < -0.3 is 9.32 Å². The van der Waals surface area contributed by atoms with E-state index in [0.29, 0.717) is 12.1 Å². The number of carbonyl (C=O) groups excluding carboxylic acids is 1. The molecule has 0 radical (unpaired) electrons. The highest BCUT2D eigenvalue weighted by molar-refractivity contribution is 6.33. The standard InChI is InChI=1S/C15H14Cl2N2O2/c1-9-2-5-12(21-9)8-19(11-3-4-11)15(20)10-6-13(16)18-14(17)7-10/h2,5-7,11H,3-4,8H2,1H3. The summed E-state index contributed by atoms with van der Waals surface area (Å²) in [6.45, 7) is 2.34. The van der Waals surface area contributed by atoms with Gasteiger partial charge in [0.15, 0.2) is 0 Å². The first kappa shape index (κ1) is 14.4. The normalized spacial score (nSPS) is 14.2. The first-order valence-electron chi connectivity index (χ1n) is 6.72. The van der Waals surface area contributed by atoms with Crippen molar-refractivity contribution in [2.45, 2.75) is 32.4 Å². The molecule has 0 aliphatic heterocycles. The highest BCUT2D eigenvalue weighted by atomic mass is 35.5. The lowest BCUT2D eigenvalue weighted by atomic mass is 10.2. The fraction of sp³-hybridized carbons (Fsp3) is 0.333. The van der Waals surface area contributed by atoms with Crippen LogP contribution in [-0.2, 0) is 6.54 Å². The van der Waals surface area contributed by atoms with Gasteiger partial charge in [-0.05, 0) is 44.0 Å². The van der Waals surface area contributed by atoms with E-state index in [1.165, 1.54) is 0 Å². The summed E-state index contributed by atoms with van der Waals surface area (Å²) in [6.07, 6.45) is 2.02. The Morgan fingerprint density at radius 3 is 2.52 bits per heavy atom. The Balaban J connectivity index is 1.84. The second-order valence-electron chi connectivity index (χ2n) is 5.18. The van der Waals surface area contributed by atoms with E-state index in [0.717, 1.165) is 24.4 Å². The molecule has 6 heteroatoms. The fourth-order valence-electron chi connectivity index (χ4n) is 2.25. The molecule has 0 saturated heterocycles. The van der Waals surface area contributed by atoms with E-state index >= 15 is 0 Å². The maximum atomic E-state index is 12.7. The molecule has 0 spiro atoms. The lowest BCUT2D eigenvalue weighted by Gasteiger charge is -2.21. The molecular formula is C15H14Cl2N2O2. The zero-order valence-corrected chi connectivity index (χ0v) is 13.0. The Labute approximate surface area is 132 Å². The molecule has 1 aliphatic rings. The third-order valence-corrected chi connectivity index (χ3v) is 3.77. The lowest BCUT2D eigenvalue weighted by molar-refractivity contribution is 0.0717. The Morgan fingerprint density at radius 1 is 1.33 bits per heavy atom. The van der Waals surface area contributed by atoms with E-state index in [1.54, 1.807) is 17.0 Å². The Kier molecular flexibility index (Phi) is 3.91. The number of pyridine rings is 1. The highest BCUT2D eigenvalue weighted by Gasteiger charge is 2.34. The number of furan rings is 1. The fourth-order valence-corrected chi connectivity index (χ4v) is 2.71. The third-order valence-electron chi connectivity index (χ3n) is 3.38. The van der Waals surface area contributed by atoms with Gasteiger partial charge in [0.05, 0.1) is 6.54 Å². The van der Waals surface area contributed by atoms with E-state index in [2.05, 4.69) is 4.98 Å². The molecule has 0 bridgehead atoms. The van der Waals surface area contributed by atoms with Crippen molar-refractivity contribution in [3.63, 3.8) is 0 Å². The summed E-state index contributed by atoms with van der Waals surface area (Å²) in [5.74, 6) is 1.51. The second-order valence-corrected chi connectivity index (χ2v) is 5.95. The zero-order chi connectivity index (χ0) is 15.0. The molecule has 2 aromatic rings. The van der Waals surface area contributed by atoms with Crippen molar-refractivity contribution in [2.24, 2.45) is 0 Å². The molecule has 1 saturated carbocycles. The van der Waals surface area contributed by atoms with E-state index in [-0.39, 0.29) is 22.3 Å². The van der Waals surface area contributed by atoms with Crippen LogP contribution in [0.5, 0.6) is 0 Å². The Morgan fingerprint density at radius 2 is 2.00 bits per heavy atom. The van der Waals surface area contributed by atoms with Gasteiger partial charge in [0.25, 0.3) is 5.91 Å². The molecule has 1 fully saturated rings. The van der Waals surface area contributed by atoms with Gasteiger partial charge in [0.1, 0.15) is 21.8 Å². The SMILES string of the molecule is Cc1ccc(CN(C(=O)c2cc(Cl)nc(Cl)c2)C2CC2)o1. The van der Waals surface area contributed by atoms with Crippen LogP contribution in [0.3, 0.4) is 0 Å². The van der Waals surface area contributed by atoms with Crippen LogP contribution in [0, 0.1) is 6.92 Å². The molecule has 3 rings (SSSR count). The first-order chi connectivity index (χ1) is 10.0. The summed E-state index contributed by atoms with van der Waals surface area (Å²) in [7, 11) is 0. The first-order valence-corrected chi connectivity index (χ1v) is 7.48. The van der Waals surface area contributed by atoms with Crippen molar-refractivity contribution in [1.82, 2.24) is 9.88 Å². The largest absolute Gasteiger partial charge is 0.464 e. The van der Waals surface area contributed by atoms with Gasteiger partial charge in [0, 0.05) is 11.6 Å². The molecule has 0 unspecified atom stereocenters. The predicted molar refractivity (Wildman–Crippen MR) is 80.6 cm³/mol. The number of rotatable bonds is 4. The molecule has 0 N–H and O–H groups in total. The number of hydrogen-bond acceptors (Lipinski definition) is 3. The van der Waals surface area contributed by atoms with Crippen LogP contribution in [0.1, 0.15) is 34.7 Å². The van der Waals surface area contributed by atoms with Gasteiger partial charge in [0.2, 0.25) is 0 Å². The molecular weight excluding hydrogens is 311 g/mol.